The zero-order chi connectivity index (χ0) is 21.3. The van der Waals surface area contributed by atoms with Crippen molar-refractivity contribution in [3.63, 3.8) is 0 Å². The second-order valence-electron chi connectivity index (χ2n) is 7.13. The van der Waals surface area contributed by atoms with Gasteiger partial charge in [-0.05, 0) is 41.0 Å². The standard InChI is InChI=1S/C19H20ClN7O2S/c1-11-2-3-14(20)4-15(11)26-7-12-9-27(10-13(12)8-26)19-22-5-16(30-19)18(21)24-25-23-6-17(28)29/h2-5H,6-10H2,1H3,(H,28,29)(H2,21,23,24). The molecule has 0 bridgehead atoms. The number of benzene rings is 1. The molecule has 0 saturated heterocycles. The maximum absolute atomic E-state index is 10.4. The van der Waals surface area contributed by atoms with Crippen molar-refractivity contribution in [3.05, 3.63) is 51.0 Å². The normalized spacial score (nSPS) is 16.8. The number of hydrogen-bond acceptors (Lipinski definition) is 7. The Balaban J connectivity index is 1.38. The van der Waals surface area contributed by atoms with Gasteiger partial charge < -0.3 is 20.6 Å². The van der Waals surface area contributed by atoms with Gasteiger partial charge in [-0.1, -0.05) is 29.0 Å². The van der Waals surface area contributed by atoms with Crippen LogP contribution in [0.2, 0.25) is 5.02 Å². The summed E-state index contributed by atoms with van der Waals surface area (Å²) in [5.41, 5.74) is 11.1. The van der Waals surface area contributed by atoms with Crippen molar-refractivity contribution in [2.45, 2.75) is 6.92 Å². The van der Waals surface area contributed by atoms with E-state index in [1.165, 1.54) is 33.7 Å². The van der Waals surface area contributed by atoms with Crippen LogP contribution in [0.1, 0.15) is 10.4 Å². The van der Waals surface area contributed by atoms with Gasteiger partial charge in [0.2, 0.25) is 0 Å². The summed E-state index contributed by atoms with van der Waals surface area (Å²) in [6, 6.07) is 6.00. The van der Waals surface area contributed by atoms with Crippen LogP contribution in [-0.2, 0) is 4.79 Å². The Morgan fingerprint density at radius 1 is 1.27 bits per heavy atom. The zero-order valence-electron chi connectivity index (χ0n) is 16.2. The van der Waals surface area contributed by atoms with E-state index in [4.69, 9.17) is 22.4 Å². The summed E-state index contributed by atoms with van der Waals surface area (Å²) in [7, 11) is 0. The molecule has 1 aromatic heterocycles. The van der Waals surface area contributed by atoms with Gasteiger partial charge in [-0.3, -0.25) is 4.79 Å². The molecule has 0 atom stereocenters. The number of aromatic nitrogens is 1. The molecule has 2 aliphatic rings. The summed E-state index contributed by atoms with van der Waals surface area (Å²) in [4.78, 5) is 20.1. The number of anilines is 2. The smallest absolute Gasteiger partial charge is 0.327 e. The molecule has 156 valence electrons. The predicted molar refractivity (Wildman–Crippen MR) is 118 cm³/mol. The summed E-state index contributed by atoms with van der Waals surface area (Å²) in [6.45, 7) is 5.09. The van der Waals surface area contributed by atoms with Crippen molar-refractivity contribution in [2.24, 2.45) is 21.2 Å². The Morgan fingerprint density at radius 2 is 1.97 bits per heavy atom. The molecule has 0 aliphatic carbocycles. The van der Waals surface area contributed by atoms with Crippen LogP contribution in [0, 0.1) is 6.92 Å². The Kier molecular flexibility index (Phi) is 5.69. The number of rotatable bonds is 6. The van der Waals surface area contributed by atoms with Gasteiger partial charge in [0.25, 0.3) is 0 Å². The first kappa shape index (κ1) is 20.3. The quantitative estimate of drug-likeness (QED) is 0.232. The summed E-state index contributed by atoms with van der Waals surface area (Å²) < 4.78 is 0. The highest BCUT2D eigenvalue weighted by molar-refractivity contribution is 7.17. The first-order chi connectivity index (χ1) is 14.4. The lowest BCUT2D eigenvalue weighted by Gasteiger charge is -2.25. The fourth-order valence-corrected chi connectivity index (χ4v) is 4.54. The van der Waals surface area contributed by atoms with Gasteiger partial charge >= 0.3 is 5.97 Å². The van der Waals surface area contributed by atoms with E-state index in [0.717, 1.165) is 36.3 Å². The van der Waals surface area contributed by atoms with Gasteiger partial charge in [-0.15, -0.1) is 5.10 Å². The predicted octanol–water partition coefficient (Wildman–Crippen LogP) is 2.90. The molecular weight excluding hydrogens is 426 g/mol. The summed E-state index contributed by atoms with van der Waals surface area (Å²) >= 11 is 7.61. The first-order valence-electron chi connectivity index (χ1n) is 9.24. The molecular formula is C19H20ClN7O2S. The van der Waals surface area contributed by atoms with E-state index in [2.05, 4.69) is 43.2 Å². The van der Waals surface area contributed by atoms with Crippen LogP contribution in [0.3, 0.4) is 0 Å². The molecule has 3 N–H and O–H groups in total. The highest BCUT2D eigenvalue weighted by atomic mass is 35.5. The van der Waals surface area contributed by atoms with Crippen LogP contribution in [-0.4, -0.2) is 54.6 Å². The molecule has 11 heteroatoms. The van der Waals surface area contributed by atoms with Crippen molar-refractivity contribution in [1.29, 1.82) is 0 Å². The molecule has 30 heavy (non-hydrogen) atoms. The second-order valence-corrected chi connectivity index (χ2v) is 8.57. The molecule has 0 saturated carbocycles. The van der Waals surface area contributed by atoms with Gasteiger partial charge in [0.05, 0.1) is 11.1 Å². The third-order valence-electron chi connectivity index (χ3n) is 4.98. The molecule has 1 aromatic carbocycles. The lowest BCUT2D eigenvalue weighted by Crippen LogP contribution is -2.30. The molecule has 4 rings (SSSR count). The third kappa shape index (κ3) is 4.29. The van der Waals surface area contributed by atoms with E-state index in [9.17, 15) is 4.79 Å². The van der Waals surface area contributed by atoms with E-state index in [1.807, 2.05) is 12.1 Å². The van der Waals surface area contributed by atoms with E-state index >= 15 is 0 Å². The molecule has 9 nitrogen and oxygen atoms in total. The van der Waals surface area contributed by atoms with E-state index in [1.54, 1.807) is 6.20 Å². The van der Waals surface area contributed by atoms with Crippen molar-refractivity contribution in [2.75, 3.05) is 42.5 Å². The second kappa shape index (κ2) is 8.41. The molecule has 0 fully saturated rings. The van der Waals surface area contributed by atoms with Crippen LogP contribution >= 0.6 is 22.9 Å². The van der Waals surface area contributed by atoms with Gasteiger partial charge in [0, 0.05) is 36.9 Å². The summed E-state index contributed by atoms with van der Waals surface area (Å²) in [5, 5.41) is 20.7. The van der Waals surface area contributed by atoms with Crippen LogP contribution in [0.25, 0.3) is 0 Å². The summed E-state index contributed by atoms with van der Waals surface area (Å²) in [6.07, 6.45) is 1.65. The largest absolute Gasteiger partial charge is 0.480 e. The van der Waals surface area contributed by atoms with Gasteiger partial charge in [-0.2, -0.15) is 5.11 Å². The lowest BCUT2D eigenvalue weighted by atomic mass is 10.2. The minimum atomic E-state index is -1.08. The number of aryl methyl sites for hydroxylation is 1. The maximum Gasteiger partial charge on any atom is 0.327 e. The number of amidine groups is 1. The Bertz CT molecular complexity index is 1060. The summed E-state index contributed by atoms with van der Waals surface area (Å²) in [5.74, 6) is -0.915. The Morgan fingerprint density at radius 3 is 2.67 bits per heavy atom. The number of hydrogen-bond donors (Lipinski definition) is 2. The molecule has 0 radical (unpaired) electrons. The SMILES string of the molecule is Cc1ccc(Cl)cc1N1CC2=C(CN(c3ncc(/C(N)=N/N=NCC(=O)O)s3)C2)C1. The average molecular weight is 446 g/mol. The fourth-order valence-electron chi connectivity index (χ4n) is 3.56. The van der Waals surface area contributed by atoms with E-state index in [-0.39, 0.29) is 5.84 Å². The molecule has 2 aromatic rings. The molecule has 2 aliphatic heterocycles. The number of carbonyl (C=O) groups is 1. The maximum atomic E-state index is 10.4. The monoisotopic (exact) mass is 445 g/mol. The van der Waals surface area contributed by atoms with Crippen LogP contribution in [0.5, 0.6) is 0 Å². The average Bonchev–Trinajstić information content (AvgIpc) is 3.41. The molecule has 0 amide bonds. The minimum absolute atomic E-state index is 0.162. The molecule has 3 heterocycles. The number of nitrogens with zero attached hydrogens (tertiary/aromatic N) is 6. The van der Waals surface area contributed by atoms with Crippen molar-refractivity contribution in [3.8, 4) is 0 Å². The van der Waals surface area contributed by atoms with Crippen molar-refractivity contribution >= 4 is 45.6 Å². The van der Waals surface area contributed by atoms with Crippen molar-refractivity contribution < 1.29 is 9.90 Å². The Hall–Kier alpha value is -2.98. The lowest BCUT2D eigenvalue weighted by molar-refractivity contribution is -0.135. The number of aliphatic carboxylic acids is 1. The van der Waals surface area contributed by atoms with Gasteiger partial charge in [-0.25, -0.2) is 4.98 Å². The van der Waals surface area contributed by atoms with E-state index < -0.39 is 12.5 Å². The van der Waals surface area contributed by atoms with Gasteiger partial charge in [0.15, 0.2) is 17.5 Å². The Labute approximate surface area is 182 Å². The van der Waals surface area contributed by atoms with Crippen LogP contribution in [0.15, 0.2) is 51.0 Å². The van der Waals surface area contributed by atoms with Crippen LogP contribution < -0.4 is 15.5 Å². The van der Waals surface area contributed by atoms with Crippen LogP contribution in [0.4, 0.5) is 10.8 Å². The highest BCUT2D eigenvalue weighted by Crippen LogP contribution is 2.35. The first-order valence-corrected chi connectivity index (χ1v) is 10.4. The highest BCUT2D eigenvalue weighted by Gasteiger charge is 2.31. The fraction of sp³-hybridized carbons (Fsp3) is 0.316. The molecule has 0 spiro atoms. The third-order valence-corrected chi connectivity index (χ3v) is 6.29. The van der Waals surface area contributed by atoms with Gasteiger partial charge in [0.1, 0.15) is 0 Å². The zero-order valence-corrected chi connectivity index (χ0v) is 17.8. The number of carboxylic acids is 1. The van der Waals surface area contributed by atoms with E-state index in [0.29, 0.717) is 4.88 Å². The minimum Gasteiger partial charge on any atom is -0.480 e. The molecule has 0 unspecified atom stereocenters. The topological polar surface area (TPSA) is 120 Å². The van der Waals surface area contributed by atoms with Crippen molar-refractivity contribution in [1.82, 2.24) is 4.98 Å². The number of carboxylic acid groups (broad SMARTS) is 1. The number of halogens is 1. The number of nitrogens with two attached hydrogens (primary N) is 1. The number of thiazole rings is 1.